The predicted octanol–water partition coefficient (Wildman–Crippen LogP) is -1.29. The minimum Gasteiger partial charge on any atom is -0.391 e. The molecule has 4 atom stereocenters. The van der Waals surface area contributed by atoms with Crippen molar-refractivity contribution in [3.05, 3.63) is 0 Å². The molecule has 0 bridgehead atoms. The molecule has 18 heavy (non-hydrogen) atoms. The van der Waals surface area contributed by atoms with Crippen molar-refractivity contribution in [3.8, 4) is 0 Å². The first-order valence-electron chi connectivity index (χ1n) is 5.39. The Kier molecular flexibility index (Phi) is 5.05. The smallest absolute Gasteiger partial charge is 0.391 e. The number of aliphatic hydroxyl groups excluding tert-OH is 1. The van der Waals surface area contributed by atoms with Gasteiger partial charge in [-0.2, -0.15) is 8.42 Å². The van der Waals surface area contributed by atoms with E-state index in [1.807, 2.05) is 0 Å². The van der Waals surface area contributed by atoms with Gasteiger partial charge in [-0.05, 0) is 0 Å². The van der Waals surface area contributed by atoms with Gasteiger partial charge >= 0.3 is 10.4 Å². The Morgan fingerprint density at radius 2 is 2.17 bits per heavy atom. The van der Waals surface area contributed by atoms with E-state index >= 15 is 0 Å². The van der Waals surface area contributed by atoms with Crippen molar-refractivity contribution in [2.24, 2.45) is 5.92 Å². The standard InChI is InChI=1S/C9H17NO7S/c1-5-8(4-17-18(13,14)15)16-3-7(9(5)12)10-6(2)11/h5,7-9,12H,3-4H2,1-2H3,(H,10,11)(H,13,14,15)/t5-,7?,8?,9-/m1/s1. The summed E-state index contributed by atoms with van der Waals surface area (Å²) in [6.45, 7) is 2.62. The lowest BCUT2D eigenvalue weighted by Crippen LogP contribution is -2.56. The summed E-state index contributed by atoms with van der Waals surface area (Å²) in [5.41, 5.74) is 0. The van der Waals surface area contributed by atoms with Crippen molar-refractivity contribution in [2.75, 3.05) is 13.2 Å². The van der Waals surface area contributed by atoms with Crippen LogP contribution in [-0.2, 0) is 24.1 Å². The van der Waals surface area contributed by atoms with Gasteiger partial charge in [0.15, 0.2) is 0 Å². The number of carbonyl (C=O) groups excluding carboxylic acids is 1. The molecule has 1 fully saturated rings. The zero-order valence-corrected chi connectivity index (χ0v) is 10.9. The second-order valence-corrected chi connectivity index (χ2v) is 5.33. The summed E-state index contributed by atoms with van der Waals surface area (Å²) < 4.78 is 38.8. The molecule has 1 aliphatic rings. The van der Waals surface area contributed by atoms with Crippen LogP contribution in [0.2, 0.25) is 0 Å². The fourth-order valence-corrected chi connectivity index (χ4v) is 2.11. The van der Waals surface area contributed by atoms with Crippen LogP contribution in [0.3, 0.4) is 0 Å². The molecule has 3 N–H and O–H groups in total. The van der Waals surface area contributed by atoms with Gasteiger partial charge in [-0.3, -0.25) is 9.35 Å². The maximum atomic E-state index is 10.9. The summed E-state index contributed by atoms with van der Waals surface area (Å²) >= 11 is 0. The molecule has 0 aromatic heterocycles. The van der Waals surface area contributed by atoms with Crippen LogP contribution in [0.15, 0.2) is 0 Å². The van der Waals surface area contributed by atoms with Gasteiger partial charge in [0.1, 0.15) is 0 Å². The number of amides is 1. The van der Waals surface area contributed by atoms with Crippen molar-refractivity contribution < 1.29 is 31.8 Å². The van der Waals surface area contributed by atoms with E-state index < -0.39 is 34.6 Å². The molecule has 1 amide bonds. The van der Waals surface area contributed by atoms with Crippen LogP contribution in [-0.4, -0.2) is 55.4 Å². The SMILES string of the molecule is CC(=O)NC1COC(COS(=O)(=O)O)[C@@H](C)[C@H]1O. The fraction of sp³-hybridized carbons (Fsp3) is 0.889. The number of hydrogen-bond acceptors (Lipinski definition) is 6. The Morgan fingerprint density at radius 3 is 2.67 bits per heavy atom. The molecule has 0 aromatic rings. The van der Waals surface area contributed by atoms with Gasteiger partial charge in [0.25, 0.3) is 0 Å². The maximum absolute atomic E-state index is 10.9. The minimum atomic E-state index is -4.53. The molecule has 2 unspecified atom stereocenters. The fourth-order valence-electron chi connectivity index (χ4n) is 1.81. The molecular weight excluding hydrogens is 266 g/mol. The third-order valence-electron chi connectivity index (χ3n) is 2.80. The molecule has 8 nitrogen and oxygen atoms in total. The first-order valence-corrected chi connectivity index (χ1v) is 6.76. The second-order valence-electron chi connectivity index (χ2n) is 4.24. The van der Waals surface area contributed by atoms with E-state index in [4.69, 9.17) is 9.29 Å². The Hall–Kier alpha value is -0.740. The van der Waals surface area contributed by atoms with Crippen LogP contribution in [0, 0.1) is 5.92 Å². The third-order valence-corrected chi connectivity index (χ3v) is 3.23. The lowest BCUT2D eigenvalue weighted by Gasteiger charge is -2.38. The Morgan fingerprint density at radius 1 is 1.56 bits per heavy atom. The molecule has 1 heterocycles. The highest BCUT2D eigenvalue weighted by Crippen LogP contribution is 2.22. The molecule has 1 aliphatic heterocycles. The van der Waals surface area contributed by atoms with E-state index in [-0.39, 0.29) is 19.1 Å². The van der Waals surface area contributed by atoms with Gasteiger partial charge in [0.05, 0.1) is 31.5 Å². The zero-order valence-electron chi connectivity index (χ0n) is 10.1. The van der Waals surface area contributed by atoms with E-state index in [0.29, 0.717) is 0 Å². The maximum Gasteiger partial charge on any atom is 0.397 e. The van der Waals surface area contributed by atoms with Crippen LogP contribution in [0.5, 0.6) is 0 Å². The second kappa shape index (κ2) is 5.93. The molecule has 1 saturated heterocycles. The van der Waals surface area contributed by atoms with Gasteiger partial charge < -0.3 is 15.2 Å². The molecule has 0 saturated carbocycles. The quantitative estimate of drug-likeness (QED) is 0.548. The van der Waals surface area contributed by atoms with E-state index in [1.165, 1.54) is 6.92 Å². The normalized spacial score (nSPS) is 33.1. The van der Waals surface area contributed by atoms with Crippen LogP contribution in [0.25, 0.3) is 0 Å². The number of carbonyl (C=O) groups is 1. The lowest BCUT2D eigenvalue weighted by molar-refractivity contribution is -0.134. The molecule has 106 valence electrons. The Bertz CT molecular complexity index is 396. The third kappa shape index (κ3) is 4.50. The average molecular weight is 283 g/mol. The summed E-state index contributed by atoms with van der Waals surface area (Å²) in [6, 6.07) is -0.542. The minimum absolute atomic E-state index is 0.0462. The number of nitrogens with one attached hydrogen (secondary N) is 1. The highest BCUT2D eigenvalue weighted by Gasteiger charge is 2.37. The van der Waals surface area contributed by atoms with Gasteiger partial charge in [0, 0.05) is 12.8 Å². The molecule has 0 radical (unpaired) electrons. The summed E-state index contributed by atoms with van der Waals surface area (Å²) in [7, 11) is -4.53. The molecule has 0 spiro atoms. The Balaban J connectivity index is 2.55. The van der Waals surface area contributed by atoms with Gasteiger partial charge in [-0.25, -0.2) is 4.18 Å². The number of hydrogen-bond donors (Lipinski definition) is 3. The lowest BCUT2D eigenvalue weighted by atomic mass is 9.90. The summed E-state index contributed by atoms with van der Waals surface area (Å²) in [5.74, 6) is -0.736. The van der Waals surface area contributed by atoms with E-state index in [9.17, 15) is 18.3 Å². The van der Waals surface area contributed by atoms with Crippen LogP contribution >= 0.6 is 0 Å². The first kappa shape index (κ1) is 15.3. The summed E-state index contributed by atoms with van der Waals surface area (Å²) in [5, 5.41) is 12.5. The number of ether oxygens (including phenoxy) is 1. The van der Waals surface area contributed by atoms with E-state index in [0.717, 1.165) is 0 Å². The topological polar surface area (TPSA) is 122 Å². The monoisotopic (exact) mass is 283 g/mol. The highest BCUT2D eigenvalue weighted by molar-refractivity contribution is 7.80. The van der Waals surface area contributed by atoms with E-state index in [2.05, 4.69) is 9.50 Å². The predicted molar refractivity (Wildman–Crippen MR) is 60.0 cm³/mol. The van der Waals surface area contributed by atoms with Crippen molar-refractivity contribution in [1.29, 1.82) is 0 Å². The molecule has 0 aliphatic carbocycles. The number of aliphatic hydroxyl groups is 1. The van der Waals surface area contributed by atoms with Crippen LogP contribution < -0.4 is 5.32 Å². The summed E-state index contributed by atoms with van der Waals surface area (Å²) in [6.07, 6.45) is -1.55. The van der Waals surface area contributed by atoms with Crippen molar-refractivity contribution >= 4 is 16.3 Å². The molecule has 0 aromatic carbocycles. The molecule has 1 rings (SSSR count). The number of rotatable bonds is 4. The Labute approximate surface area is 105 Å². The van der Waals surface area contributed by atoms with Crippen LogP contribution in [0.4, 0.5) is 0 Å². The first-order chi connectivity index (χ1) is 8.20. The van der Waals surface area contributed by atoms with Crippen LogP contribution in [0.1, 0.15) is 13.8 Å². The highest BCUT2D eigenvalue weighted by atomic mass is 32.3. The van der Waals surface area contributed by atoms with Crippen molar-refractivity contribution in [3.63, 3.8) is 0 Å². The van der Waals surface area contributed by atoms with Crippen molar-refractivity contribution in [2.45, 2.75) is 32.1 Å². The average Bonchev–Trinajstić information content (AvgIpc) is 2.22. The van der Waals surface area contributed by atoms with Gasteiger partial charge in [-0.15, -0.1) is 0 Å². The molecule has 9 heteroatoms. The molecular formula is C9H17NO7S. The van der Waals surface area contributed by atoms with Gasteiger partial charge in [0.2, 0.25) is 5.91 Å². The summed E-state index contributed by atoms with van der Waals surface area (Å²) in [4.78, 5) is 10.9. The van der Waals surface area contributed by atoms with Crippen molar-refractivity contribution in [1.82, 2.24) is 5.32 Å². The zero-order chi connectivity index (χ0) is 13.9. The van der Waals surface area contributed by atoms with Gasteiger partial charge in [-0.1, -0.05) is 6.92 Å². The largest absolute Gasteiger partial charge is 0.397 e. The van der Waals surface area contributed by atoms with E-state index in [1.54, 1.807) is 6.92 Å².